The number of fused-ring (bicyclic) bond motifs is 1. The van der Waals surface area contributed by atoms with Crippen molar-refractivity contribution in [3.8, 4) is 0 Å². The molecule has 1 aromatic carbocycles. The number of aromatic nitrogens is 1. The maximum absolute atomic E-state index is 6.34. The molecule has 1 aliphatic rings. The van der Waals surface area contributed by atoms with Crippen molar-refractivity contribution in [3.05, 3.63) is 36.0 Å². The van der Waals surface area contributed by atoms with Crippen molar-refractivity contribution in [3.63, 3.8) is 0 Å². The molecule has 1 saturated heterocycles. The summed E-state index contributed by atoms with van der Waals surface area (Å²) in [7, 11) is 0. The smallest absolute Gasteiger partial charge is 0.0951 e. The number of benzene rings is 1. The van der Waals surface area contributed by atoms with Crippen molar-refractivity contribution in [2.45, 2.75) is 57.5 Å². The summed E-state index contributed by atoms with van der Waals surface area (Å²) in [5.41, 5.74) is 2.56. The lowest BCUT2D eigenvalue weighted by Crippen LogP contribution is -2.33. The molecule has 1 unspecified atom stereocenters. The van der Waals surface area contributed by atoms with Crippen LogP contribution in [0.1, 0.15) is 57.4 Å². The highest BCUT2D eigenvalue weighted by Gasteiger charge is 2.36. The van der Waals surface area contributed by atoms with Gasteiger partial charge in [-0.2, -0.15) is 0 Å². The van der Waals surface area contributed by atoms with E-state index < -0.39 is 0 Å². The van der Waals surface area contributed by atoms with Gasteiger partial charge in [0.25, 0.3) is 0 Å². The van der Waals surface area contributed by atoms with E-state index >= 15 is 0 Å². The van der Waals surface area contributed by atoms with Crippen LogP contribution in [0.3, 0.4) is 0 Å². The van der Waals surface area contributed by atoms with Gasteiger partial charge in [-0.15, -0.1) is 0 Å². The lowest BCUT2D eigenvalue weighted by molar-refractivity contribution is -0.0897. The first-order chi connectivity index (χ1) is 9.86. The summed E-state index contributed by atoms with van der Waals surface area (Å²) >= 11 is 0. The van der Waals surface area contributed by atoms with E-state index in [1.54, 1.807) is 0 Å². The van der Waals surface area contributed by atoms with E-state index in [2.05, 4.69) is 42.4 Å². The van der Waals surface area contributed by atoms with Gasteiger partial charge in [0.2, 0.25) is 0 Å². The van der Waals surface area contributed by atoms with E-state index in [0.717, 1.165) is 13.0 Å². The van der Waals surface area contributed by atoms with Gasteiger partial charge in [0, 0.05) is 29.3 Å². The molecule has 0 bridgehead atoms. The van der Waals surface area contributed by atoms with Crippen molar-refractivity contribution in [2.75, 3.05) is 6.61 Å². The van der Waals surface area contributed by atoms with Crippen LogP contribution in [0.4, 0.5) is 0 Å². The Hall–Kier alpha value is -1.28. The number of para-hydroxylation sites is 1. The third-order valence-corrected chi connectivity index (χ3v) is 4.62. The minimum atomic E-state index is -0.0486. The fraction of sp³-hybridized carbons (Fsp3) is 0.556. The van der Waals surface area contributed by atoms with E-state index in [0.29, 0.717) is 0 Å². The standard InChI is InChI=1S/C18H25NO/c1-2-3-6-11-18(12-7-8-13-20-18)16-14-19-17-10-5-4-9-15(16)17/h4-5,9-10,14,19H,2-3,6-8,11-13H2,1H3. The van der Waals surface area contributed by atoms with Crippen LogP contribution in [-0.4, -0.2) is 11.6 Å². The van der Waals surface area contributed by atoms with Crippen molar-refractivity contribution in [1.29, 1.82) is 0 Å². The van der Waals surface area contributed by atoms with Gasteiger partial charge in [-0.25, -0.2) is 0 Å². The first-order valence-corrected chi connectivity index (χ1v) is 8.06. The van der Waals surface area contributed by atoms with Crippen LogP contribution in [0.25, 0.3) is 10.9 Å². The Kier molecular flexibility index (Phi) is 4.11. The molecule has 1 fully saturated rings. The zero-order chi connectivity index (χ0) is 13.8. The highest BCUT2D eigenvalue weighted by Crippen LogP contribution is 2.42. The summed E-state index contributed by atoms with van der Waals surface area (Å²) in [5.74, 6) is 0. The molecule has 0 amide bonds. The van der Waals surface area contributed by atoms with E-state index in [4.69, 9.17) is 4.74 Å². The third kappa shape index (κ3) is 2.49. The molecule has 1 atom stereocenters. The minimum Gasteiger partial charge on any atom is -0.370 e. The van der Waals surface area contributed by atoms with Crippen molar-refractivity contribution in [2.24, 2.45) is 0 Å². The first-order valence-electron chi connectivity index (χ1n) is 8.06. The Balaban J connectivity index is 1.95. The van der Waals surface area contributed by atoms with E-state index in [-0.39, 0.29) is 5.60 Å². The molecule has 2 aromatic rings. The number of H-pyrrole nitrogens is 1. The predicted molar refractivity (Wildman–Crippen MR) is 83.9 cm³/mol. The fourth-order valence-corrected chi connectivity index (χ4v) is 3.51. The molecule has 3 rings (SSSR count). The number of aromatic amines is 1. The quantitative estimate of drug-likeness (QED) is 0.748. The zero-order valence-electron chi connectivity index (χ0n) is 12.5. The maximum atomic E-state index is 6.34. The topological polar surface area (TPSA) is 25.0 Å². The Labute approximate surface area is 121 Å². The number of ether oxygens (including phenoxy) is 1. The van der Waals surface area contributed by atoms with Gasteiger partial charge >= 0.3 is 0 Å². The van der Waals surface area contributed by atoms with Crippen LogP contribution in [0, 0.1) is 0 Å². The summed E-state index contributed by atoms with van der Waals surface area (Å²) in [5, 5.41) is 1.34. The largest absolute Gasteiger partial charge is 0.370 e. The van der Waals surface area contributed by atoms with Gasteiger partial charge in [-0.3, -0.25) is 0 Å². The average molecular weight is 271 g/mol. The SMILES string of the molecule is CCCCCC1(c2c[nH]c3ccccc23)CCCCO1. The molecular weight excluding hydrogens is 246 g/mol. The van der Waals surface area contributed by atoms with Gasteiger partial charge < -0.3 is 9.72 Å². The third-order valence-electron chi connectivity index (χ3n) is 4.62. The summed E-state index contributed by atoms with van der Waals surface area (Å²) in [6.45, 7) is 3.17. The van der Waals surface area contributed by atoms with Crippen molar-refractivity contribution >= 4 is 10.9 Å². The summed E-state index contributed by atoms with van der Waals surface area (Å²) < 4.78 is 6.34. The Morgan fingerprint density at radius 1 is 1.20 bits per heavy atom. The van der Waals surface area contributed by atoms with Gasteiger partial charge in [0.15, 0.2) is 0 Å². The van der Waals surface area contributed by atoms with Gasteiger partial charge in [0.1, 0.15) is 0 Å². The molecule has 0 radical (unpaired) electrons. The molecule has 2 nitrogen and oxygen atoms in total. The van der Waals surface area contributed by atoms with E-state index in [9.17, 15) is 0 Å². The second kappa shape index (κ2) is 6.01. The zero-order valence-corrected chi connectivity index (χ0v) is 12.5. The molecule has 0 spiro atoms. The number of hydrogen-bond donors (Lipinski definition) is 1. The Morgan fingerprint density at radius 3 is 2.90 bits per heavy atom. The molecule has 108 valence electrons. The summed E-state index contributed by atoms with van der Waals surface area (Å²) in [6, 6.07) is 8.60. The van der Waals surface area contributed by atoms with E-state index in [1.165, 1.54) is 55.0 Å². The number of nitrogens with one attached hydrogen (secondary N) is 1. The normalized spacial score (nSPS) is 23.2. The lowest BCUT2D eigenvalue weighted by Gasteiger charge is -2.37. The fourth-order valence-electron chi connectivity index (χ4n) is 3.51. The monoisotopic (exact) mass is 271 g/mol. The molecule has 20 heavy (non-hydrogen) atoms. The molecular formula is C18H25NO. The number of unbranched alkanes of at least 4 members (excludes halogenated alkanes) is 2. The minimum absolute atomic E-state index is 0.0486. The lowest BCUT2D eigenvalue weighted by atomic mass is 9.82. The van der Waals surface area contributed by atoms with Crippen LogP contribution in [0.5, 0.6) is 0 Å². The van der Waals surface area contributed by atoms with Crippen LogP contribution >= 0.6 is 0 Å². The molecule has 1 aromatic heterocycles. The highest BCUT2D eigenvalue weighted by atomic mass is 16.5. The average Bonchev–Trinajstić information content (AvgIpc) is 2.93. The number of rotatable bonds is 5. The number of hydrogen-bond acceptors (Lipinski definition) is 1. The van der Waals surface area contributed by atoms with Crippen LogP contribution in [-0.2, 0) is 10.3 Å². The van der Waals surface area contributed by atoms with Gasteiger partial charge in [-0.05, 0) is 31.7 Å². The summed E-state index contributed by atoms with van der Waals surface area (Å²) in [4.78, 5) is 3.42. The Morgan fingerprint density at radius 2 is 2.10 bits per heavy atom. The Bertz CT molecular complexity index is 551. The van der Waals surface area contributed by atoms with Crippen molar-refractivity contribution < 1.29 is 4.74 Å². The predicted octanol–water partition coefficient (Wildman–Crippen LogP) is 5.14. The molecule has 2 heterocycles. The second-order valence-corrected chi connectivity index (χ2v) is 6.00. The van der Waals surface area contributed by atoms with E-state index in [1.807, 2.05) is 0 Å². The van der Waals surface area contributed by atoms with Crippen LogP contribution in [0.2, 0.25) is 0 Å². The van der Waals surface area contributed by atoms with Crippen LogP contribution < -0.4 is 0 Å². The van der Waals surface area contributed by atoms with Crippen molar-refractivity contribution in [1.82, 2.24) is 4.98 Å². The molecule has 0 aliphatic carbocycles. The maximum Gasteiger partial charge on any atom is 0.0951 e. The molecule has 1 N–H and O–H groups in total. The molecule has 1 aliphatic heterocycles. The van der Waals surface area contributed by atoms with Gasteiger partial charge in [0.05, 0.1) is 5.60 Å². The highest BCUT2D eigenvalue weighted by molar-refractivity contribution is 5.84. The molecule has 0 saturated carbocycles. The second-order valence-electron chi connectivity index (χ2n) is 6.00. The summed E-state index contributed by atoms with van der Waals surface area (Å²) in [6.07, 6.45) is 10.8. The molecule has 2 heteroatoms. The first kappa shape index (κ1) is 13.7. The van der Waals surface area contributed by atoms with Crippen LogP contribution in [0.15, 0.2) is 30.5 Å². The van der Waals surface area contributed by atoms with Gasteiger partial charge in [-0.1, -0.05) is 44.4 Å².